The Morgan fingerprint density at radius 1 is 1.29 bits per heavy atom. The Morgan fingerprint density at radius 3 is 2.71 bits per heavy atom. The molecule has 0 unspecified atom stereocenters. The highest BCUT2D eigenvalue weighted by atomic mass is 79.9. The van der Waals surface area contributed by atoms with Crippen LogP contribution in [0.15, 0.2) is 53.3 Å². The normalized spacial score (nSPS) is 11.7. The van der Waals surface area contributed by atoms with Crippen molar-refractivity contribution in [2.45, 2.75) is 12.5 Å². The number of halogens is 1. The molecule has 0 aliphatic heterocycles. The van der Waals surface area contributed by atoms with Crippen LogP contribution >= 0.6 is 15.9 Å². The first-order valence-electron chi connectivity index (χ1n) is 6.24. The quantitative estimate of drug-likeness (QED) is 0.868. The van der Waals surface area contributed by atoms with E-state index >= 15 is 0 Å². The van der Waals surface area contributed by atoms with Crippen LogP contribution in [0, 0.1) is 0 Å². The monoisotopic (exact) mass is 348 g/mol. The van der Waals surface area contributed by atoms with Crippen LogP contribution in [-0.2, 0) is 11.2 Å². The van der Waals surface area contributed by atoms with E-state index in [2.05, 4.69) is 26.2 Å². The summed E-state index contributed by atoms with van der Waals surface area (Å²) in [6, 6.07) is 9.53. The highest BCUT2D eigenvalue weighted by Crippen LogP contribution is 2.13. The van der Waals surface area contributed by atoms with E-state index in [1.807, 2.05) is 24.3 Å². The highest BCUT2D eigenvalue weighted by Gasteiger charge is 2.21. The SMILES string of the molecule is O=C(N[C@H](Cc1cccc(Br)c1)C(=O)O)c1cccnc1. The van der Waals surface area contributed by atoms with Gasteiger partial charge in [-0.25, -0.2) is 4.79 Å². The molecule has 108 valence electrons. The number of nitrogens with one attached hydrogen (secondary N) is 1. The van der Waals surface area contributed by atoms with E-state index in [0.29, 0.717) is 5.56 Å². The lowest BCUT2D eigenvalue weighted by atomic mass is 10.1. The van der Waals surface area contributed by atoms with Crippen molar-refractivity contribution in [2.24, 2.45) is 0 Å². The Hall–Kier alpha value is -2.21. The first-order valence-corrected chi connectivity index (χ1v) is 7.03. The van der Waals surface area contributed by atoms with E-state index in [-0.39, 0.29) is 6.42 Å². The smallest absolute Gasteiger partial charge is 0.326 e. The van der Waals surface area contributed by atoms with Crippen molar-refractivity contribution in [3.63, 3.8) is 0 Å². The average molecular weight is 349 g/mol. The van der Waals surface area contributed by atoms with Crippen molar-refractivity contribution in [1.82, 2.24) is 10.3 Å². The summed E-state index contributed by atoms with van der Waals surface area (Å²) in [5, 5.41) is 11.8. The molecule has 1 heterocycles. The molecule has 2 rings (SSSR count). The number of carboxylic acids is 1. The molecule has 0 aliphatic rings. The largest absolute Gasteiger partial charge is 0.480 e. The van der Waals surface area contributed by atoms with Gasteiger partial charge in [-0.15, -0.1) is 0 Å². The number of carbonyl (C=O) groups is 2. The minimum Gasteiger partial charge on any atom is -0.480 e. The van der Waals surface area contributed by atoms with Crippen molar-refractivity contribution < 1.29 is 14.7 Å². The molecular formula is C15H13BrN2O3. The van der Waals surface area contributed by atoms with E-state index in [1.165, 1.54) is 6.20 Å². The van der Waals surface area contributed by atoms with Crippen molar-refractivity contribution >= 4 is 27.8 Å². The summed E-state index contributed by atoms with van der Waals surface area (Å²) in [6.07, 6.45) is 3.15. The molecule has 0 radical (unpaired) electrons. The second kappa shape index (κ2) is 6.99. The van der Waals surface area contributed by atoms with Crippen LogP contribution < -0.4 is 5.32 Å². The maximum Gasteiger partial charge on any atom is 0.326 e. The van der Waals surface area contributed by atoms with Gasteiger partial charge in [-0.1, -0.05) is 28.1 Å². The molecular weight excluding hydrogens is 336 g/mol. The standard InChI is InChI=1S/C15H13BrN2O3/c16-12-5-1-3-10(7-12)8-13(15(20)21)18-14(19)11-4-2-6-17-9-11/h1-7,9,13H,8H2,(H,18,19)(H,20,21)/t13-/m1/s1. The van der Waals surface area contributed by atoms with Crippen LogP contribution in [0.3, 0.4) is 0 Å². The summed E-state index contributed by atoms with van der Waals surface area (Å²) in [6.45, 7) is 0. The molecule has 1 aromatic heterocycles. The third kappa shape index (κ3) is 4.39. The Kier molecular flexibility index (Phi) is 5.05. The van der Waals surface area contributed by atoms with Gasteiger partial charge >= 0.3 is 5.97 Å². The highest BCUT2D eigenvalue weighted by molar-refractivity contribution is 9.10. The summed E-state index contributed by atoms with van der Waals surface area (Å²) in [4.78, 5) is 27.1. The molecule has 1 amide bonds. The second-order valence-electron chi connectivity index (χ2n) is 4.44. The molecule has 5 nitrogen and oxygen atoms in total. The zero-order valence-electron chi connectivity index (χ0n) is 11.0. The van der Waals surface area contributed by atoms with Gasteiger partial charge in [0.25, 0.3) is 5.91 Å². The number of carboxylic acid groups (broad SMARTS) is 1. The van der Waals surface area contributed by atoms with Crippen LogP contribution in [-0.4, -0.2) is 28.0 Å². The molecule has 21 heavy (non-hydrogen) atoms. The predicted molar refractivity (Wildman–Crippen MR) is 81.0 cm³/mol. The number of rotatable bonds is 5. The average Bonchev–Trinajstić information content (AvgIpc) is 2.47. The third-order valence-corrected chi connectivity index (χ3v) is 3.35. The van der Waals surface area contributed by atoms with Crippen molar-refractivity contribution in [3.05, 3.63) is 64.4 Å². The van der Waals surface area contributed by atoms with Crippen LogP contribution in [0.2, 0.25) is 0 Å². The number of aliphatic carboxylic acids is 1. The number of hydrogen-bond donors (Lipinski definition) is 2. The Balaban J connectivity index is 2.09. The van der Waals surface area contributed by atoms with Gasteiger partial charge in [-0.2, -0.15) is 0 Å². The summed E-state index contributed by atoms with van der Waals surface area (Å²) in [5.74, 6) is -1.53. The van der Waals surface area contributed by atoms with Crippen molar-refractivity contribution in [1.29, 1.82) is 0 Å². The van der Waals surface area contributed by atoms with E-state index < -0.39 is 17.9 Å². The summed E-state index contributed by atoms with van der Waals surface area (Å²) in [5.41, 5.74) is 1.15. The van der Waals surface area contributed by atoms with E-state index in [0.717, 1.165) is 10.0 Å². The lowest BCUT2D eigenvalue weighted by Crippen LogP contribution is -2.42. The van der Waals surface area contributed by atoms with Crippen LogP contribution in [0.25, 0.3) is 0 Å². The number of pyridine rings is 1. The lowest BCUT2D eigenvalue weighted by Gasteiger charge is -2.14. The van der Waals surface area contributed by atoms with Crippen LogP contribution in [0.5, 0.6) is 0 Å². The summed E-state index contributed by atoms with van der Waals surface area (Å²) < 4.78 is 0.864. The maximum absolute atomic E-state index is 12.0. The van der Waals surface area contributed by atoms with Gasteiger partial charge < -0.3 is 10.4 Å². The topological polar surface area (TPSA) is 79.3 Å². The molecule has 0 saturated heterocycles. The molecule has 2 N–H and O–H groups in total. The fraction of sp³-hybridized carbons (Fsp3) is 0.133. The molecule has 1 aromatic carbocycles. The first-order chi connectivity index (χ1) is 10.1. The number of benzene rings is 1. The van der Waals surface area contributed by atoms with Gasteiger partial charge in [0.05, 0.1) is 5.56 Å². The molecule has 0 fully saturated rings. The molecule has 1 atom stereocenters. The fourth-order valence-corrected chi connectivity index (χ4v) is 2.29. The van der Waals surface area contributed by atoms with Gasteiger partial charge in [0, 0.05) is 23.3 Å². The minimum atomic E-state index is -1.08. The minimum absolute atomic E-state index is 0.209. The molecule has 0 spiro atoms. The molecule has 0 saturated carbocycles. The maximum atomic E-state index is 12.0. The molecule has 0 aliphatic carbocycles. The number of hydrogen-bond acceptors (Lipinski definition) is 3. The van der Waals surface area contributed by atoms with E-state index in [4.69, 9.17) is 0 Å². The Morgan fingerprint density at radius 2 is 2.10 bits per heavy atom. The predicted octanol–water partition coefficient (Wildman–Crippen LogP) is 2.27. The summed E-state index contributed by atoms with van der Waals surface area (Å²) in [7, 11) is 0. The lowest BCUT2D eigenvalue weighted by molar-refractivity contribution is -0.139. The van der Waals surface area contributed by atoms with Crippen molar-refractivity contribution in [3.8, 4) is 0 Å². The molecule has 6 heteroatoms. The second-order valence-corrected chi connectivity index (χ2v) is 5.36. The Labute approximate surface area is 130 Å². The van der Waals surface area contributed by atoms with Gasteiger partial charge in [-0.05, 0) is 29.8 Å². The van der Waals surface area contributed by atoms with Gasteiger partial charge in [0.15, 0.2) is 0 Å². The Bertz CT molecular complexity index is 646. The van der Waals surface area contributed by atoms with Crippen LogP contribution in [0.4, 0.5) is 0 Å². The zero-order chi connectivity index (χ0) is 15.2. The number of nitrogens with zero attached hydrogens (tertiary/aromatic N) is 1. The molecule has 2 aromatic rings. The van der Waals surface area contributed by atoms with Gasteiger partial charge in [0.1, 0.15) is 6.04 Å². The van der Waals surface area contributed by atoms with Gasteiger partial charge in [0.2, 0.25) is 0 Å². The van der Waals surface area contributed by atoms with Gasteiger partial charge in [-0.3, -0.25) is 9.78 Å². The van der Waals surface area contributed by atoms with Crippen LogP contribution in [0.1, 0.15) is 15.9 Å². The van der Waals surface area contributed by atoms with E-state index in [1.54, 1.807) is 18.3 Å². The van der Waals surface area contributed by atoms with Crippen molar-refractivity contribution in [2.75, 3.05) is 0 Å². The number of aromatic nitrogens is 1. The van der Waals surface area contributed by atoms with E-state index in [9.17, 15) is 14.7 Å². The fourth-order valence-electron chi connectivity index (χ4n) is 1.84. The number of amides is 1. The molecule has 0 bridgehead atoms. The number of carbonyl (C=O) groups excluding carboxylic acids is 1. The first kappa shape index (κ1) is 15.2. The summed E-state index contributed by atoms with van der Waals surface area (Å²) >= 11 is 3.33. The zero-order valence-corrected chi connectivity index (χ0v) is 12.6. The third-order valence-electron chi connectivity index (χ3n) is 2.86.